The molecule has 0 unspecified atom stereocenters. The van der Waals surface area contributed by atoms with Gasteiger partial charge in [-0.25, -0.2) is 4.98 Å². The van der Waals surface area contributed by atoms with E-state index in [1.165, 1.54) is 0 Å². The number of carbonyl (C=O) groups excluding carboxylic acids is 2. The zero-order valence-corrected chi connectivity index (χ0v) is 15.5. The summed E-state index contributed by atoms with van der Waals surface area (Å²) in [6.45, 7) is 4.11. The van der Waals surface area contributed by atoms with Gasteiger partial charge in [-0.05, 0) is 31.5 Å². The minimum Gasteiger partial charge on any atom is -0.356 e. The van der Waals surface area contributed by atoms with Gasteiger partial charge in [-0.2, -0.15) is 0 Å². The van der Waals surface area contributed by atoms with Crippen molar-refractivity contribution in [3.63, 3.8) is 0 Å². The van der Waals surface area contributed by atoms with Gasteiger partial charge in [0.25, 0.3) is 0 Å². The van der Waals surface area contributed by atoms with Crippen LogP contribution < -0.4 is 16.0 Å². The molecule has 0 spiro atoms. The van der Waals surface area contributed by atoms with Crippen molar-refractivity contribution in [1.82, 2.24) is 15.2 Å². The van der Waals surface area contributed by atoms with Crippen LogP contribution in [0.25, 0.3) is 0 Å². The topological polar surface area (TPSA) is 91.6 Å². The molecule has 1 aromatic heterocycles. The lowest BCUT2D eigenvalue weighted by atomic mass is 10.1. The summed E-state index contributed by atoms with van der Waals surface area (Å²) in [5.41, 5.74) is 5.44. The van der Waals surface area contributed by atoms with E-state index in [0.29, 0.717) is 39.0 Å². The monoisotopic (exact) mass is 361 g/mol. The van der Waals surface area contributed by atoms with Crippen LogP contribution in [0.15, 0.2) is 24.4 Å². The normalized spacial score (nSPS) is 14.3. The predicted molar refractivity (Wildman–Crippen MR) is 103 cm³/mol. The Balaban J connectivity index is 1.57. The number of carbonyl (C=O) groups is 2. The first-order valence-electron chi connectivity index (χ1n) is 9.61. The van der Waals surface area contributed by atoms with Gasteiger partial charge in [-0.1, -0.05) is 18.9 Å². The van der Waals surface area contributed by atoms with Crippen LogP contribution in [-0.4, -0.2) is 61.0 Å². The minimum absolute atomic E-state index is 0.0329. The molecule has 1 fully saturated rings. The molecule has 0 saturated carbocycles. The smallest absolute Gasteiger partial charge is 0.224 e. The lowest BCUT2D eigenvalue weighted by molar-refractivity contribution is -0.131. The van der Waals surface area contributed by atoms with Crippen LogP contribution in [0, 0.1) is 0 Å². The Hall–Kier alpha value is -2.15. The highest BCUT2D eigenvalue weighted by atomic mass is 16.2. The van der Waals surface area contributed by atoms with E-state index in [1.807, 2.05) is 23.1 Å². The van der Waals surface area contributed by atoms with E-state index >= 15 is 0 Å². The fourth-order valence-corrected chi connectivity index (χ4v) is 3.06. The molecule has 1 saturated heterocycles. The van der Waals surface area contributed by atoms with Crippen LogP contribution in [0.2, 0.25) is 0 Å². The van der Waals surface area contributed by atoms with Crippen molar-refractivity contribution >= 4 is 17.6 Å². The van der Waals surface area contributed by atoms with Crippen LogP contribution in [-0.2, 0) is 9.59 Å². The molecular weight excluding hydrogens is 330 g/mol. The van der Waals surface area contributed by atoms with Gasteiger partial charge in [0, 0.05) is 51.8 Å². The molecule has 1 aliphatic rings. The summed E-state index contributed by atoms with van der Waals surface area (Å²) in [7, 11) is 0. The summed E-state index contributed by atoms with van der Waals surface area (Å²) >= 11 is 0. The number of nitrogens with one attached hydrogen (secondary N) is 1. The number of nitrogens with two attached hydrogens (primary N) is 1. The quantitative estimate of drug-likeness (QED) is 0.610. The zero-order valence-electron chi connectivity index (χ0n) is 15.5. The molecule has 144 valence electrons. The fourth-order valence-electron chi connectivity index (χ4n) is 3.06. The number of rotatable bonds is 10. The van der Waals surface area contributed by atoms with Gasteiger partial charge in [0.2, 0.25) is 11.8 Å². The number of amides is 2. The molecular formula is C19H31N5O2. The third kappa shape index (κ3) is 7.00. The molecule has 1 aliphatic heterocycles. The summed E-state index contributed by atoms with van der Waals surface area (Å²) in [6.07, 6.45) is 6.69. The second-order valence-corrected chi connectivity index (χ2v) is 6.61. The van der Waals surface area contributed by atoms with Crippen molar-refractivity contribution in [3.05, 3.63) is 24.4 Å². The van der Waals surface area contributed by atoms with Crippen molar-refractivity contribution in [2.45, 2.75) is 38.5 Å². The number of anilines is 1. The first kappa shape index (κ1) is 20.2. The molecule has 0 atom stereocenters. The molecule has 2 amide bonds. The van der Waals surface area contributed by atoms with Crippen molar-refractivity contribution in [2.75, 3.05) is 44.2 Å². The maximum atomic E-state index is 12.3. The SMILES string of the molecule is NCCCCCCC(=O)NCCC(=O)N1CCN(c2ccccn2)CC1. The Morgan fingerprint density at radius 2 is 1.81 bits per heavy atom. The molecule has 0 bridgehead atoms. The number of hydrogen-bond acceptors (Lipinski definition) is 5. The van der Waals surface area contributed by atoms with Crippen molar-refractivity contribution in [2.24, 2.45) is 5.73 Å². The first-order chi connectivity index (χ1) is 12.7. The van der Waals surface area contributed by atoms with E-state index in [4.69, 9.17) is 5.73 Å². The summed E-state index contributed by atoms with van der Waals surface area (Å²) < 4.78 is 0. The van der Waals surface area contributed by atoms with Gasteiger partial charge < -0.3 is 20.9 Å². The van der Waals surface area contributed by atoms with E-state index in [-0.39, 0.29) is 11.8 Å². The molecule has 26 heavy (non-hydrogen) atoms. The standard InChI is InChI=1S/C19H31N5O2/c20-10-5-2-1-3-8-18(25)22-12-9-19(26)24-15-13-23(14-16-24)17-7-4-6-11-21-17/h4,6-7,11H,1-3,5,8-10,12-16,20H2,(H,22,25). The second kappa shape index (κ2) is 11.5. The van der Waals surface area contributed by atoms with Gasteiger partial charge >= 0.3 is 0 Å². The van der Waals surface area contributed by atoms with E-state index in [1.54, 1.807) is 6.20 Å². The largest absolute Gasteiger partial charge is 0.356 e. The van der Waals surface area contributed by atoms with Crippen LogP contribution in [0.5, 0.6) is 0 Å². The Morgan fingerprint density at radius 3 is 2.50 bits per heavy atom. The van der Waals surface area contributed by atoms with Crippen LogP contribution >= 0.6 is 0 Å². The van der Waals surface area contributed by atoms with E-state index in [9.17, 15) is 9.59 Å². The average Bonchev–Trinajstić information content (AvgIpc) is 2.68. The molecule has 0 radical (unpaired) electrons. The van der Waals surface area contributed by atoms with E-state index in [2.05, 4.69) is 15.2 Å². The van der Waals surface area contributed by atoms with Gasteiger partial charge in [0.05, 0.1) is 0 Å². The average molecular weight is 361 g/mol. The Bertz CT molecular complexity index is 544. The fraction of sp³-hybridized carbons (Fsp3) is 0.632. The predicted octanol–water partition coefficient (Wildman–Crippen LogP) is 1.15. The zero-order chi connectivity index (χ0) is 18.6. The lowest BCUT2D eigenvalue weighted by Crippen LogP contribution is -2.49. The summed E-state index contributed by atoms with van der Waals surface area (Å²) in [6, 6.07) is 5.86. The van der Waals surface area contributed by atoms with Crippen molar-refractivity contribution in [1.29, 1.82) is 0 Å². The highest BCUT2D eigenvalue weighted by Gasteiger charge is 2.21. The molecule has 7 nitrogen and oxygen atoms in total. The highest BCUT2D eigenvalue weighted by molar-refractivity contribution is 5.79. The Labute approximate surface area is 155 Å². The molecule has 1 aromatic rings. The maximum Gasteiger partial charge on any atom is 0.224 e. The molecule has 2 heterocycles. The molecule has 0 aliphatic carbocycles. The third-order valence-electron chi connectivity index (χ3n) is 4.62. The summed E-state index contributed by atoms with van der Waals surface area (Å²) in [4.78, 5) is 32.5. The number of aromatic nitrogens is 1. The van der Waals surface area contributed by atoms with Crippen molar-refractivity contribution in [3.8, 4) is 0 Å². The Morgan fingerprint density at radius 1 is 1.04 bits per heavy atom. The Kier molecular flexibility index (Phi) is 8.89. The van der Waals surface area contributed by atoms with Gasteiger partial charge in [-0.3, -0.25) is 9.59 Å². The van der Waals surface area contributed by atoms with E-state index < -0.39 is 0 Å². The van der Waals surface area contributed by atoms with Gasteiger partial charge in [-0.15, -0.1) is 0 Å². The van der Waals surface area contributed by atoms with Gasteiger partial charge in [0.1, 0.15) is 5.82 Å². The summed E-state index contributed by atoms with van der Waals surface area (Å²) in [5.74, 6) is 1.10. The van der Waals surface area contributed by atoms with Crippen LogP contribution in [0.4, 0.5) is 5.82 Å². The lowest BCUT2D eigenvalue weighted by Gasteiger charge is -2.35. The molecule has 3 N–H and O–H groups in total. The summed E-state index contributed by atoms with van der Waals surface area (Å²) in [5, 5.41) is 2.85. The van der Waals surface area contributed by atoms with Crippen LogP contribution in [0.3, 0.4) is 0 Å². The maximum absolute atomic E-state index is 12.3. The highest BCUT2D eigenvalue weighted by Crippen LogP contribution is 2.12. The molecule has 7 heteroatoms. The van der Waals surface area contributed by atoms with E-state index in [0.717, 1.165) is 44.6 Å². The number of unbranched alkanes of at least 4 members (excludes halogenated alkanes) is 3. The minimum atomic E-state index is 0.0329. The number of hydrogen-bond donors (Lipinski definition) is 2. The van der Waals surface area contributed by atoms with Crippen molar-refractivity contribution < 1.29 is 9.59 Å². The van der Waals surface area contributed by atoms with Gasteiger partial charge in [0.15, 0.2) is 0 Å². The molecule has 0 aromatic carbocycles. The second-order valence-electron chi connectivity index (χ2n) is 6.61. The third-order valence-corrected chi connectivity index (χ3v) is 4.62. The van der Waals surface area contributed by atoms with Crippen LogP contribution in [0.1, 0.15) is 38.5 Å². The number of piperazine rings is 1. The molecule has 2 rings (SSSR count). The number of nitrogens with zero attached hydrogens (tertiary/aromatic N) is 3. The number of pyridine rings is 1. The first-order valence-corrected chi connectivity index (χ1v) is 9.61.